The van der Waals surface area contributed by atoms with Gasteiger partial charge >= 0.3 is 0 Å². The minimum Gasteiger partial charge on any atom is -0.318 e. The molecule has 0 bridgehead atoms. The predicted octanol–water partition coefficient (Wildman–Crippen LogP) is 3.22. The Balaban J connectivity index is 1.90. The smallest absolute Gasteiger partial charge is 0.238 e. The zero-order chi connectivity index (χ0) is 14.8. The lowest BCUT2D eigenvalue weighted by Crippen LogP contribution is -2.45. The average molecular weight is 290 g/mol. The van der Waals surface area contributed by atoms with Crippen LogP contribution in [0, 0.1) is 11.7 Å². The minimum atomic E-state index is -0.309. The Morgan fingerprint density at radius 2 is 2.05 bits per heavy atom. The van der Waals surface area contributed by atoms with E-state index < -0.39 is 0 Å². The minimum absolute atomic E-state index is 0.105. The van der Waals surface area contributed by atoms with Crippen LogP contribution in [0.5, 0.6) is 0 Å². The van der Waals surface area contributed by atoms with Crippen molar-refractivity contribution < 1.29 is 9.18 Å². The molecule has 0 spiro atoms. The molecular weight excluding hydrogens is 267 g/mol. The third-order valence-electron chi connectivity index (χ3n) is 4.96. The molecule has 1 aliphatic heterocycles. The first-order chi connectivity index (χ1) is 10.2. The van der Waals surface area contributed by atoms with E-state index in [4.69, 9.17) is 0 Å². The van der Waals surface area contributed by atoms with Crippen molar-refractivity contribution in [2.24, 2.45) is 5.92 Å². The molecule has 1 amide bonds. The maximum atomic E-state index is 14.1. The first-order valence-electron chi connectivity index (χ1n) is 8.01. The molecule has 1 saturated heterocycles. The number of benzene rings is 1. The molecule has 1 N–H and O–H groups in total. The van der Waals surface area contributed by atoms with E-state index in [-0.39, 0.29) is 23.9 Å². The van der Waals surface area contributed by atoms with Crippen molar-refractivity contribution in [1.29, 1.82) is 0 Å². The number of carbonyl (C=O) groups is 1. The third-order valence-corrected chi connectivity index (χ3v) is 4.96. The van der Waals surface area contributed by atoms with Crippen molar-refractivity contribution >= 4 is 5.91 Å². The largest absolute Gasteiger partial charge is 0.318 e. The highest BCUT2D eigenvalue weighted by molar-refractivity contribution is 5.81. The number of hydrogen-bond donors (Lipinski definition) is 1. The standard InChI is InChI=1S/C17H23FN2O/c1-2-12-7-3-6-10-15(12)20-16(21)11-19-17(20)13-8-4-5-9-14(13)18/h4-5,8-9,12,15,17,19H,2-3,6-7,10-11H2,1H3. The van der Waals surface area contributed by atoms with Gasteiger partial charge in [-0.3, -0.25) is 10.1 Å². The fourth-order valence-corrected chi connectivity index (χ4v) is 3.88. The van der Waals surface area contributed by atoms with E-state index in [1.54, 1.807) is 12.1 Å². The summed E-state index contributed by atoms with van der Waals surface area (Å²) in [5, 5.41) is 3.19. The molecule has 1 saturated carbocycles. The normalized spacial score (nSPS) is 29.9. The summed E-state index contributed by atoms with van der Waals surface area (Å²) in [5.41, 5.74) is 0.587. The van der Waals surface area contributed by atoms with Crippen molar-refractivity contribution in [1.82, 2.24) is 10.2 Å². The maximum absolute atomic E-state index is 14.1. The van der Waals surface area contributed by atoms with Gasteiger partial charge in [0.25, 0.3) is 0 Å². The Morgan fingerprint density at radius 3 is 2.81 bits per heavy atom. The van der Waals surface area contributed by atoms with Gasteiger partial charge < -0.3 is 4.90 Å². The Morgan fingerprint density at radius 1 is 1.29 bits per heavy atom. The molecule has 114 valence electrons. The fourth-order valence-electron chi connectivity index (χ4n) is 3.88. The van der Waals surface area contributed by atoms with E-state index in [1.807, 2.05) is 11.0 Å². The monoisotopic (exact) mass is 290 g/mol. The molecule has 1 heterocycles. The van der Waals surface area contributed by atoms with Crippen LogP contribution in [-0.4, -0.2) is 23.4 Å². The molecule has 3 atom stereocenters. The van der Waals surface area contributed by atoms with Crippen molar-refractivity contribution in [3.8, 4) is 0 Å². The Labute approximate surface area is 125 Å². The summed E-state index contributed by atoms with van der Waals surface area (Å²) in [7, 11) is 0. The zero-order valence-electron chi connectivity index (χ0n) is 12.5. The second kappa shape index (κ2) is 6.14. The van der Waals surface area contributed by atoms with Gasteiger partial charge in [-0.15, -0.1) is 0 Å². The van der Waals surface area contributed by atoms with Crippen molar-refractivity contribution in [3.05, 3.63) is 35.6 Å². The number of carbonyl (C=O) groups excluding carboxylic acids is 1. The van der Waals surface area contributed by atoms with Gasteiger partial charge in [0.1, 0.15) is 12.0 Å². The van der Waals surface area contributed by atoms with Gasteiger partial charge in [0.05, 0.1) is 6.54 Å². The van der Waals surface area contributed by atoms with E-state index in [2.05, 4.69) is 12.2 Å². The van der Waals surface area contributed by atoms with Crippen LogP contribution in [0.1, 0.15) is 50.8 Å². The van der Waals surface area contributed by atoms with Crippen LogP contribution in [0.25, 0.3) is 0 Å². The molecule has 4 heteroatoms. The molecule has 1 aromatic rings. The first-order valence-corrected chi connectivity index (χ1v) is 8.01. The quantitative estimate of drug-likeness (QED) is 0.927. The summed E-state index contributed by atoms with van der Waals surface area (Å²) in [4.78, 5) is 14.3. The van der Waals surface area contributed by atoms with Gasteiger partial charge in [-0.05, 0) is 24.8 Å². The van der Waals surface area contributed by atoms with E-state index in [0.29, 0.717) is 18.0 Å². The predicted molar refractivity (Wildman–Crippen MR) is 80.0 cm³/mol. The van der Waals surface area contributed by atoms with Crippen molar-refractivity contribution in [2.45, 2.75) is 51.2 Å². The van der Waals surface area contributed by atoms with Crippen molar-refractivity contribution in [2.75, 3.05) is 6.54 Å². The Kier molecular flexibility index (Phi) is 4.24. The number of hydrogen-bond acceptors (Lipinski definition) is 2. The number of amides is 1. The van der Waals surface area contributed by atoms with E-state index in [1.165, 1.54) is 18.9 Å². The van der Waals surface area contributed by atoms with Crippen LogP contribution in [-0.2, 0) is 4.79 Å². The van der Waals surface area contributed by atoms with Crippen LogP contribution < -0.4 is 5.32 Å². The highest BCUT2D eigenvalue weighted by Gasteiger charge is 2.41. The van der Waals surface area contributed by atoms with Gasteiger partial charge in [0, 0.05) is 11.6 Å². The molecule has 3 rings (SSSR count). The topological polar surface area (TPSA) is 32.3 Å². The van der Waals surface area contributed by atoms with Gasteiger partial charge in [-0.25, -0.2) is 4.39 Å². The highest BCUT2D eigenvalue weighted by Crippen LogP contribution is 2.36. The van der Waals surface area contributed by atoms with E-state index in [9.17, 15) is 9.18 Å². The van der Waals surface area contributed by atoms with Gasteiger partial charge in [-0.2, -0.15) is 0 Å². The zero-order valence-corrected chi connectivity index (χ0v) is 12.5. The second-order valence-electron chi connectivity index (χ2n) is 6.13. The lowest BCUT2D eigenvalue weighted by Gasteiger charge is -2.40. The molecule has 21 heavy (non-hydrogen) atoms. The Bertz CT molecular complexity index is 519. The molecule has 2 fully saturated rings. The van der Waals surface area contributed by atoms with Gasteiger partial charge in [0.15, 0.2) is 0 Å². The molecule has 1 aliphatic carbocycles. The summed E-state index contributed by atoms with van der Waals surface area (Å²) < 4.78 is 14.1. The molecule has 0 radical (unpaired) electrons. The lowest BCUT2D eigenvalue weighted by atomic mass is 9.81. The van der Waals surface area contributed by atoms with Crippen LogP contribution >= 0.6 is 0 Å². The summed E-state index contributed by atoms with van der Waals surface area (Å²) in [6.45, 7) is 2.50. The molecule has 0 aromatic heterocycles. The van der Waals surface area contributed by atoms with Crippen LogP contribution in [0.3, 0.4) is 0 Å². The third kappa shape index (κ3) is 2.69. The van der Waals surface area contributed by atoms with Crippen LogP contribution in [0.2, 0.25) is 0 Å². The number of nitrogens with zero attached hydrogens (tertiary/aromatic N) is 1. The molecule has 1 aromatic carbocycles. The first kappa shape index (κ1) is 14.5. The number of rotatable bonds is 3. The summed E-state index contributed by atoms with van der Waals surface area (Å²) in [6.07, 6.45) is 5.39. The number of nitrogens with one attached hydrogen (secondary N) is 1. The maximum Gasteiger partial charge on any atom is 0.238 e. The van der Waals surface area contributed by atoms with E-state index >= 15 is 0 Å². The van der Waals surface area contributed by atoms with Gasteiger partial charge in [-0.1, -0.05) is 44.4 Å². The SMILES string of the molecule is CCC1CCCCC1N1C(=O)CNC1c1ccccc1F. The number of halogens is 1. The fraction of sp³-hybridized carbons (Fsp3) is 0.588. The summed E-state index contributed by atoms with van der Waals surface area (Å²) >= 11 is 0. The lowest BCUT2D eigenvalue weighted by molar-refractivity contribution is -0.132. The second-order valence-corrected chi connectivity index (χ2v) is 6.13. The van der Waals surface area contributed by atoms with Crippen LogP contribution in [0.15, 0.2) is 24.3 Å². The van der Waals surface area contributed by atoms with Crippen molar-refractivity contribution in [3.63, 3.8) is 0 Å². The summed E-state index contributed by atoms with van der Waals surface area (Å²) in [6, 6.07) is 7.02. The molecule has 3 nitrogen and oxygen atoms in total. The molecule has 3 unspecified atom stereocenters. The highest BCUT2D eigenvalue weighted by atomic mass is 19.1. The molecular formula is C17H23FN2O. The Hall–Kier alpha value is -1.42. The summed E-state index contributed by atoms with van der Waals surface area (Å²) in [5.74, 6) is 0.407. The van der Waals surface area contributed by atoms with Crippen LogP contribution in [0.4, 0.5) is 4.39 Å². The average Bonchev–Trinajstić information content (AvgIpc) is 2.89. The molecule has 2 aliphatic rings. The van der Waals surface area contributed by atoms with E-state index in [0.717, 1.165) is 19.3 Å². The van der Waals surface area contributed by atoms with Gasteiger partial charge in [0.2, 0.25) is 5.91 Å².